The third kappa shape index (κ3) is 3.70. The number of nitrogens with zero attached hydrogens (tertiary/aromatic N) is 2. The first-order valence-electron chi connectivity index (χ1n) is 5.80. The molecule has 0 fully saturated rings. The maximum Gasteiger partial charge on any atom is 0.263 e. The summed E-state index contributed by atoms with van der Waals surface area (Å²) >= 11 is 0. The number of hydrogen-bond donors (Lipinski definition) is 2. The zero-order valence-corrected chi connectivity index (χ0v) is 10.4. The standard InChI is InChI=1S/C12H14N4O3/c1-2-18-9-5-3-4-6-10(9)19-8-12(17)14-11-7-13-16-15-11/h3-7H,2,8H2,1H3,(H2,13,14,15,16,17). The van der Waals surface area contributed by atoms with Crippen molar-refractivity contribution in [3.63, 3.8) is 0 Å². The average molecular weight is 262 g/mol. The Hall–Kier alpha value is -2.57. The number of anilines is 1. The number of rotatable bonds is 6. The number of aromatic amines is 1. The molecule has 2 aromatic rings. The summed E-state index contributed by atoms with van der Waals surface area (Å²) in [7, 11) is 0. The van der Waals surface area contributed by atoms with Gasteiger partial charge >= 0.3 is 0 Å². The summed E-state index contributed by atoms with van der Waals surface area (Å²) in [5.74, 6) is 1.17. The van der Waals surface area contributed by atoms with Crippen LogP contribution in [-0.2, 0) is 4.79 Å². The van der Waals surface area contributed by atoms with Crippen LogP contribution in [0.2, 0.25) is 0 Å². The van der Waals surface area contributed by atoms with E-state index in [2.05, 4.69) is 20.7 Å². The lowest BCUT2D eigenvalue weighted by molar-refractivity contribution is -0.118. The predicted octanol–water partition coefficient (Wildman–Crippen LogP) is 1.22. The molecule has 2 rings (SSSR count). The molecule has 100 valence electrons. The van der Waals surface area contributed by atoms with E-state index >= 15 is 0 Å². The smallest absolute Gasteiger partial charge is 0.263 e. The first kappa shape index (κ1) is 12.9. The third-order valence-corrected chi connectivity index (χ3v) is 2.19. The van der Waals surface area contributed by atoms with Gasteiger partial charge in [-0.25, -0.2) is 0 Å². The van der Waals surface area contributed by atoms with Gasteiger partial charge in [0.25, 0.3) is 5.91 Å². The first-order chi connectivity index (χ1) is 9.29. The maximum atomic E-state index is 11.6. The molecule has 2 N–H and O–H groups in total. The van der Waals surface area contributed by atoms with Crippen molar-refractivity contribution in [1.82, 2.24) is 15.4 Å². The predicted molar refractivity (Wildman–Crippen MR) is 68.1 cm³/mol. The van der Waals surface area contributed by atoms with Gasteiger partial charge in [0.2, 0.25) is 0 Å². The molecule has 0 spiro atoms. The second-order valence-electron chi connectivity index (χ2n) is 3.57. The third-order valence-electron chi connectivity index (χ3n) is 2.19. The van der Waals surface area contributed by atoms with Crippen LogP contribution < -0.4 is 14.8 Å². The van der Waals surface area contributed by atoms with Crippen LogP contribution in [0.4, 0.5) is 5.82 Å². The molecule has 0 aliphatic rings. The lowest BCUT2D eigenvalue weighted by Crippen LogP contribution is -2.20. The number of carbonyl (C=O) groups excluding carboxylic acids is 1. The molecule has 0 radical (unpaired) electrons. The van der Waals surface area contributed by atoms with Crippen LogP contribution >= 0.6 is 0 Å². The van der Waals surface area contributed by atoms with E-state index < -0.39 is 0 Å². The summed E-state index contributed by atoms with van der Waals surface area (Å²) in [6.45, 7) is 2.29. The van der Waals surface area contributed by atoms with E-state index in [0.717, 1.165) is 0 Å². The van der Waals surface area contributed by atoms with Gasteiger partial charge in [-0.1, -0.05) is 12.1 Å². The summed E-state index contributed by atoms with van der Waals surface area (Å²) in [4.78, 5) is 11.6. The molecular weight excluding hydrogens is 248 g/mol. The van der Waals surface area contributed by atoms with E-state index in [9.17, 15) is 4.79 Å². The van der Waals surface area contributed by atoms with E-state index in [1.165, 1.54) is 6.20 Å². The Morgan fingerprint density at radius 2 is 2.05 bits per heavy atom. The quantitative estimate of drug-likeness (QED) is 0.817. The first-order valence-corrected chi connectivity index (χ1v) is 5.80. The largest absolute Gasteiger partial charge is 0.490 e. The Bertz CT molecular complexity index is 528. The van der Waals surface area contributed by atoms with Crippen LogP contribution in [0.25, 0.3) is 0 Å². The highest BCUT2D eigenvalue weighted by Gasteiger charge is 2.08. The van der Waals surface area contributed by atoms with Gasteiger partial charge in [0.1, 0.15) is 0 Å². The van der Waals surface area contributed by atoms with Crippen molar-refractivity contribution >= 4 is 11.7 Å². The molecule has 1 amide bonds. The van der Waals surface area contributed by atoms with Crippen molar-refractivity contribution in [3.05, 3.63) is 30.5 Å². The van der Waals surface area contributed by atoms with Gasteiger partial charge in [-0.3, -0.25) is 4.79 Å². The topological polar surface area (TPSA) is 89.1 Å². The molecule has 1 aromatic heterocycles. The van der Waals surface area contributed by atoms with Crippen molar-refractivity contribution in [3.8, 4) is 11.5 Å². The van der Waals surface area contributed by atoms with Gasteiger partial charge in [-0.2, -0.15) is 10.3 Å². The molecular formula is C12H14N4O3. The van der Waals surface area contributed by atoms with E-state index in [1.54, 1.807) is 12.1 Å². The number of carbonyl (C=O) groups is 1. The Morgan fingerprint density at radius 3 is 2.68 bits per heavy atom. The molecule has 7 nitrogen and oxygen atoms in total. The number of benzene rings is 1. The zero-order chi connectivity index (χ0) is 13.5. The molecule has 0 bridgehead atoms. The summed E-state index contributed by atoms with van der Waals surface area (Å²) < 4.78 is 10.8. The fourth-order valence-corrected chi connectivity index (χ4v) is 1.43. The van der Waals surface area contributed by atoms with Crippen LogP contribution in [-0.4, -0.2) is 34.5 Å². The minimum atomic E-state index is -0.319. The van der Waals surface area contributed by atoms with Crippen LogP contribution in [0.1, 0.15) is 6.92 Å². The highest BCUT2D eigenvalue weighted by Crippen LogP contribution is 2.26. The molecule has 7 heteroatoms. The van der Waals surface area contributed by atoms with Crippen LogP contribution in [0.5, 0.6) is 11.5 Å². The Morgan fingerprint density at radius 1 is 1.32 bits per heavy atom. The lowest BCUT2D eigenvalue weighted by Gasteiger charge is -2.10. The number of amides is 1. The maximum absolute atomic E-state index is 11.6. The number of hydrogen-bond acceptors (Lipinski definition) is 5. The van der Waals surface area contributed by atoms with Crippen molar-refractivity contribution in [2.75, 3.05) is 18.5 Å². The van der Waals surface area contributed by atoms with Crippen LogP contribution in [0.3, 0.4) is 0 Å². The Balaban J connectivity index is 1.89. The molecule has 0 atom stereocenters. The van der Waals surface area contributed by atoms with Crippen molar-refractivity contribution in [1.29, 1.82) is 0 Å². The average Bonchev–Trinajstić information content (AvgIpc) is 2.91. The van der Waals surface area contributed by atoms with Gasteiger partial charge < -0.3 is 14.8 Å². The highest BCUT2D eigenvalue weighted by molar-refractivity contribution is 5.90. The second-order valence-corrected chi connectivity index (χ2v) is 3.57. The molecule has 1 aromatic carbocycles. The summed E-state index contributed by atoms with van der Waals surface area (Å²) in [6, 6.07) is 7.18. The molecule has 0 unspecified atom stereocenters. The van der Waals surface area contributed by atoms with E-state index in [0.29, 0.717) is 23.9 Å². The van der Waals surface area contributed by atoms with E-state index in [-0.39, 0.29) is 12.5 Å². The Labute approximate surface area is 109 Å². The van der Waals surface area contributed by atoms with Crippen molar-refractivity contribution < 1.29 is 14.3 Å². The van der Waals surface area contributed by atoms with Crippen molar-refractivity contribution in [2.24, 2.45) is 0 Å². The fourth-order valence-electron chi connectivity index (χ4n) is 1.43. The molecule has 0 aliphatic carbocycles. The summed E-state index contributed by atoms with van der Waals surface area (Å²) in [5, 5.41) is 12.2. The lowest BCUT2D eigenvalue weighted by atomic mass is 10.3. The molecule has 0 saturated carbocycles. The summed E-state index contributed by atoms with van der Waals surface area (Å²) in [5.41, 5.74) is 0. The SMILES string of the molecule is CCOc1ccccc1OCC(=O)Nc1cn[nH]n1. The molecule has 1 heterocycles. The van der Waals surface area contributed by atoms with Gasteiger partial charge in [0.05, 0.1) is 12.8 Å². The second kappa shape index (κ2) is 6.39. The minimum absolute atomic E-state index is 0.128. The zero-order valence-electron chi connectivity index (χ0n) is 10.4. The van der Waals surface area contributed by atoms with Crippen molar-refractivity contribution in [2.45, 2.75) is 6.92 Å². The fraction of sp³-hybridized carbons (Fsp3) is 0.250. The number of H-pyrrole nitrogens is 1. The highest BCUT2D eigenvalue weighted by atomic mass is 16.5. The Kier molecular flexibility index (Phi) is 4.33. The van der Waals surface area contributed by atoms with Gasteiger partial charge in [0.15, 0.2) is 23.9 Å². The molecule has 19 heavy (non-hydrogen) atoms. The number of nitrogens with one attached hydrogen (secondary N) is 2. The monoisotopic (exact) mass is 262 g/mol. The normalized spacial score (nSPS) is 9.95. The minimum Gasteiger partial charge on any atom is -0.490 e. The number of aromatic nitrogens is 3. The van der Waals surface area contributed by atoms with Gasteiger partial charge in [0, 0.05) is 0 Å². The van der Waals surface area contributed by atoms with E-state index in [4.69, 9.17) is 9.47 Å². The number of ether oxygens (including phenoxy) is 2. The molecule has 0 aliphatic heterocycles. The van der Waals surface area contributed by atoms with Crippen LogP contribution in [0, 0.1) is 0 Å². The van der Waals surface area contributed by atoms with Gasteiger partial charge in [-0.05, 0) is 19.1 Å². The van der Waals surface area contributed by atoms with Gasteiger partial charge in [-0.15, -0.1) is 5.10 Å². The summed E-state index contributed by atoms with van der Waals surface area (Å²) in [6.07, 6.45) is 1.41. The van der Waals surface area contributed by atoms with E-state index in [1.807, 2.05) is 19.1 Å². The van der Waals surface area contributed by atoms with Crippen LogP contribution in [0.15, 0.2) is 30.5 Å². The number of para-hydroxylation sites is 2. The molecule has 0 saturated heterocycles.